The van der Waals surface area contributed by atoms with E-state index in [1.807, 2.05) is 28.7 Å². The fraction of sp³-hybridized carbons (Fsp3) is 0. The van der Waals surface area contributed by atoms with Gasteiger partial charge in [0.2, 0.25) is 0 Å². The van der Waals surface area contributed by atoms with Crippen LogP contribution in [0, 0.1) is 15.2 Å². The molecule has 0 fully saturated rings. The Bertz CT molecular complexity index is 253. The van der Waals surface area contributed by atoms with Gasteiger partial charge >= 0.3 is 0 Å². The fourth-order valence-electron chi connectivity index (χ4n) is 0.397. The monoisotopic (exact) mass is 231 g/mol. The zero-order chi connectivity index (χ0) is 6.69. The third-order valence-electron chi connectivity index (χ3n) is 0.741. The predicted octanol–water partition coefficient (Wildman–Crippen LogP) is 0.953. The number of nitrogens with zero attached hydrogens (tertiary/aromatic N) is 3. The number of rotatable bonds is 0. The molecule has 4 heteroatoms. The lowest BCUT2D eigenvalue weighted by Gasteiger charge is -1.85. The molecular weight excluding hydrogens is 229 g/mol. The third-order valence-corrected chi connectivity index (χ3v) is 1.26. The molecule has 0 amide bonds. The number of aromatic nitrogens is 2. The van der Waals surface area contributed by atoms with Gasteiger partial charge < -0.3 is 0 Å². The molecule has 0 spiro atoms. The first kappa shape index (κ1) is 6.42. The van der Waals surface area contributed by atoms with Gasteiger partial charge in [-0.3, -0.25) is 0 Å². The highest BCUT2D eigenvalue weighted by Gasteiger charge is 1.90. The second kappa shape index (κ2) is 2.73. The smallest absolute Gasteiger partial charge is 0.191 e. The van der Waals surface area contributed by atoms with Gasteiger partial charge in [0.15, 0.2) is 3.83 Å². The van der Waals surface area contributed by atoms with E-state index in [2.05, 4.69) is 9.97 Å². The third kappa shape index (κ3) is 1.61. The van der Waals surface area contributed by atoms with E-state index in [4.69, 9.17) is 5.26 Å². The lowest BCUT2D eigenvalue weighted by atomic mass is 10.5. The Morgan fingerprint density at radius 1 is 1.67 bits per heavy atom. The highest BCUT2D eigenvalue weighted by molar-refractivity contribution is 14.1. The molecule has 3 nitrogen and oxygen atoms in total. The van der Waals surface area contributed by atoms with Crippen LogP contribution in [-0.2, 0) is 0 Å². The van der Waals surface area contributed by atoms with Gasteiger partial charge in [-0.25, -0.2) is 9.97 Å². The Labute approximate surface area is 65.9 Å². The van der Waals surface area contributed by atoms with Crippen LogP contribution in [0.25, 0.3) is 0 Å². The van der Waals surface area contributed by atoms with Gasteiger partial charge in [0.25, 0.3) is 0 Å². The summed E-state index contributed by atoms with van der Waals surface area (Å²) >= 11 is 1.96. The molecule has 0 bridgehead atoms. The molecule has 0 aromatic carbocycles. The Morgan fingerprint density at radius 3 is 2.89 bits per heavy atom. The van der Waals surface area contributed by atoms with Crippen molar-refractivity contribution in [3.8, 4) is 6.07 Å². The summed E-state index contributed by atoms with van der Waals surface area (Å²) in [5.41, 5.74) is 0.411. The summed E-state index contributed by atoms with van der Waals surface area (Å²) in [5.74, 6) is 0. The predicted molar refractivity (Wildman–Crippen MR) is 39.5 cm³/mol. The largest absolute Gasteiger partial charge is 0.232 e. The first-order valence-electron chi connectivity index (χ1n) is 2.21. The van der Waals surface area contributed by atoms with Gasteiger partial charge in [0, 0.05) is 28.8 Å². The molecule has 0 aliphatic heterocycles. The zero-order valence-corrected chi connectivity index (χ0v) is 6.53. The summed E-state index contributed by atoms with van der Waals surface area (Å²) < 4.78 is 0.603. The van der Waals surface area contributed by atoms with Crippen LogP contribution in [-0.4, -0.2) is 9.97 Å². The van der Waals surface area contributed by atoms with E-state index < -0.39 is 0 Å². The lowest BCUT2D eigenvalue weighted by molar-refractivity contribution is 1.08. The van der Waals surface area contributed by atoms with Crippen molar-refractivity contribution in [1.29, 1.82) is 5.26 Å². The molecule has 0 N–H and O–H groups in total. The Morgan fingerprint density at radius 2 is 2.44 bits per heavy atom. The summed E-state index contributed by atoms with van der Waals surface area (Å²) in [4.78, 5) is 7.62. The van der Waals surface area contributed by atoms with Crippen LogP contribution < -0.4 is 0 Å². The summed E-state index contributed by atoms with van der Waals surface area (Å²) in [5, 5.41) is 8.32. The highest BCUT2D eigenvalue weighted by Crippen LogP contribution is 1.95. The van der Waals surface area contributed by atoms with Gasteiger partial charge in [0.05, 0.1) is 0 Å². The molecular formula is C5H2IN3. The van der Waals surface area contributed by atoms with E-state index in [0.29, 0.717) is 9.53 Å². The first-order valence-corrected chi connectivity index (χ1v) is 3.29. The second-order valence-electron chi connectivity index (χ2n) is 1.32. The van der Waals surface area contributed by atoms with E-state index in [-0.39, 0.29) is 0 Å². The van der Waals surface area contributed by atoms with E-state index in [1.165, 1.54) is 0 Å². The molecule has 0 atom stereocenters. The number of halogens is 1. The van der Waals surface area contributed by atoms with Crippen LogP contribution in [0.3, 0.4) is 0 Å². The van der Waals surface area contributed by atoms with Gasteiger partial charge in [-0.2, -0.15) is 5.26 Å². The summed E-state index contributed by atoms with van der Waals surface area (Å²) in [6.45, 7) is 0. The number of nitriles is 1. The Kier molecular flexibility index (Phi) is 1.95. The quantitative estimate of drug-likeness (QED) is 0.493. The van der Waals surface area contributed by atoms with E-state index in [1.54, 1.807) is 12.3 Å². The van der Waals surface area contributed by atoms with Gasteiger partial charge in [-0.15, -0.1) is 0 Å². The van der Waals surface area contributed by atoms with Gasteiger partial charge in [-0.05, 0) is 6.07 Å². The molecule has 0 unspecified atom stereocenters. The first-order chi connectivity index (χ1) is 4.33. The molecule has 1 aromatic rings. The maximum atomic E-state index is 8.32. The minimum atomic E-state index is 0.411. The van der Waals surface area contributed by atoms with Crippen LogP contribution in [0.2, 0.25) is 0 Å². The average molecular weight is 231 g/mol. The van der Waals surface area contributed by atoms with Crippen molar-refractivity contribution in [2.45, 2.75) is 0 Å². The summed E-state index contributed by atoms with van der Waals surface area (Å²) in [6, 6.07) is 3.48. The molecule has 1 aromatic heterocycles. The van der Waals surface area contributed by atoms with Crippen LogP contribution in [0.15, 0.2) is 12.3 Å². The van der Waals surface area contributed by atoms with Crippen molar-refractivity contribution in [3.63, 3.8) is 0 Å². The van der Waals surface area contributed by atoms with Crippen LogP contribution in [0.5, 0.6) is 0 Å². The van der Waals surface area contributed by atoms with Crippen LogP contribution >= 0.6 is 22.6 Å². The molecule has 0 aliphatic rings. The highest BCUT2D eigenvalue weighted by atomic mass is 127. The van der Waals surface area contributed by atoms with E-state index >= 15 is 0 Å². The number of hydrogen-bond acceptors (Lipinski definition) is 3. The Balaban J connectivity index is 3.12. The zero-order valence-electron chi connectivity index (χ0n) is 4.37. The molecule has 0 saturated heterocycles. The fourth-order valence-corrected chi connectivity index (χ4v) is 0.818. The standard InChI is InChI=1S/C5H2IN3/c6-5-8-2-1-4(3-7)9-5/h1-2H. The Hall–Kier alpha value is -0.700. The summed E-state index contributed by atoms with van der Waals surface area (Å²) in [6.07, 6.45) is 1.56. The molecule has 1 rings (SSSR count). The van der Waals surface area contributed by atoms with Crippen LogP contribution in [0.1, 0.15) is 5.69 Å². The minimum Gasteiger partial charge on any atom is -0.232 e. The van der Waals surface area contributed by atoms with Crippen molar-refractivity contribution in [3.05, 3.63) is 21.8 Å². The van der Waals surface area contributed by atoms with E-state index in [9.17, 15) is 0 Å². The normalized spacial score (nSPS) is 8.44. The SMILES string of the molecule is N#Cc1ccnc(I)n1. The average Bonchev–Trinajstić information content (AvgIpc) is 1.88. The molecule has 0 saturated carbocycles. The molecule has 9 heavy (non-hydrogen) atoms. The van der Waals surface area contributed by atoms with Crippen molar-refractivity contribution in [2.75, 3.05) is 0 Å². The van der Waals surface area contributed by atoms with Crippen LogP contribution in [0.4, 0.5) is 0 Å². The maximum Gasteiger partial charge on any atom is 0.191 e. The van der Waals surface area contributed by atoms with Crippen molar-refractivity contribution in [1.82, 2.24) is 9.97 Å². The van der Waals surface area contributed by atoms with Gasteiger partial charge in [0.1, 0.15) is 11.8 Å². The number of hydrogen-bond donors (Lipinski definition) is 0. The maximum absolute atomic E-state index is 8.32. The van der Waals surface area contributed by atoms with Crippen molar-refractivity contribution in [2.24, 2.45) is 0 Å². The molecule has 0 aliphatic carbocycles. The van der Waals surface area contributed by atoms with Gasteiger partial charge in [-0.1, -0.05) is 0 Å². The lowest BCUT2D eigenvalue weighted by Crippen LogP contribution is -1.87. The molecule has 1 heterocycles. The van der Waals surface area contributed by atoms with Crippen molar-refractivity contribution >= 4 is 22.6 Å². The molecule has 44 valence electrons. The topological polar surface area (TPSA) is 49.6 Å². The second-order valence-corrected chi connectivity index (χ2v) is 2.29. The van der Waals surface area contributed by atoms with E-state index in [0.717, 1.165) is 0 Å². The minimum absolute atomic E-state index is 0.411. The molecule has 0 radical (unpaired) electrons. The summed E-state index contributed by atoms with van der Waals surface area (Å²) in [7, 11) is 0. The van der Waals surface area contributed by atoms with Crippen molar-refractivity contribution < 1.29 is 0 Å².